The molecule has 2 aromatic carbocycles. The molecule has 10 nitrogen and oxygen atoms in total. The molecule has 0 saturated carbocycles. The smallest absolute Gasteiger partial charge is 0.407 e. The standard InChI is InChI=1S/C32H42N6O4/c1-32(2,3)42-31(41)35-17-9-8-16-34-29(39)22-14-18-38(19-15-22)24-12-13-27-25(20-24)28(26(21-36-27)30(40)33-4)37-23-10-6-5-7-11-23/h5-7,10-13,20-22H,8-9,14-19H2,1-4H3,(H,33,40)(H,34,39)(H,35,41)(H,36,37). The van der Waals surface area contributed by atoms with Crippen LogP contribution in [0.3, 0.4) is 0 Å². The van der Waals surface area contributed by atoms with Gasteiger partial charge in [-0.15, -0.1) is 0 Å². The number of hydrogen-bond donors (Lipinski definition) is 4. The Morgan fingerprint density at radius 1 is 0.976 bits per heavy atom. The van der Waals surface area contributed by atoms with E-state index in [0.29, 0.717) is 24.3 Å². The molecule has 1 aliphatic heterocycles. The molecule has 0 aliphatic carbocycles. The summed E-state index contributed by atoms with van der Waals surface area (Å²) in [6.07, 6.45) is 4.25. The van der Waals surface area contributed by atoms with Crippen LogP contribution < -0.4 is 26.2 Å². The van der Waals surface area contributed by atoms with E-state index in [0.717, 1.165) is 61.1 Å². The normalized spacial score (nSPS) is 13.9. The second kappa shape index (κ2) is 14.0. The summed E-state index contributed by atoms with van der Waals surface area (Å²) in [5.74, 6) is -0.153. The minimum atomic E-state index is -0.516. The van der Waals surface area contributed by atoms with Gasteiger partial charge >= 0.3 is 6.09 Å². The topological polar surface area (TPSA) is 125 Å². The minimum absolute atomic E-state index is 0.0292. The van der Waals surface area contributed by atoms with Crippen molar-refractivity contribution in [1.29, 1.82) is 0 Å². The molecule has 3 amide bonds. The lowest BCUT2D eigenvalue weighted by Crippen LogP contribution is -2.41. The van der Waals surface area contributed by atoms with Crippen LogP contribution in [0.25, 0.3) is 10.9 Å². The van der Waals surface area contributed by atoms with Crippen LogP contribution in [0.15, 0.2) is 54.7 Å². The van der Waals surface area contributed by atoms with Crippen LogP contribution in [0.5, 0.6) is 0 Å². The van der Waals surface area contributed by atoms with E-state index in [9.17, 15) is 14.4 Å². The quantitative estimate of drug-likeness (QED) is 0.252. The molecule has 1 aromatic heterocycles. The van der Waals surface area contributed by atoms with Gasteiger partial charge in [-0.3, -0.25) is 14.6 Å². The summed E-state index contributed by atoms with van der Waals surface area (Å²) < 4.78 is 5.23. The third kappa shape index (κ3) is 8.34. The SMILES string of the molecule is CNC(=O)c1cnc2ccc(N3CCC(C(=O)NCCCCNC(=O)OC(C)(C)C)CC3)cc2c1Nc1ccccc1. The molecule has 0 atom stereocenters. The van der Waals surface area contributed by atoms with Crippen molar-refractivity contribution in [3.05, 3.63) is 60.3 Å². The van der Waals surface area contributed by atoms with E-state index in [1.165, 1.54) is 0 Å². The first-order valence-electron chi connectivity index (χ1n) is 14.6. The number of anilines is 3. The highest BCUT2D eigenvalue weighted by Crippen LogP contribution is 2.33. The van der Waals surface area contributed by atoms with Gasteiger partial charge in [0, 0.05) is 62.1 Å². The van der Waals surface area contributed by atoms with E-state index in [2.05, 4.69) is 37.2 Å². The number of alkyl carbamates (subject to hydrolysis) is 1. The van der Waals surface area contributed by atoms with Crippen LogP contribution >= 0.6 is 0 Å². The summed E-state index contributed by atoms with van der Waals surface area (Å²) in [6.45, 7) is 8.10. The molecule has 1 aliphatic rings. The van der Waals surface area contributed by atoms with Gasteiger partial charge in [0.15, 0.2) is 0 Å². The Kier molecular flexibility index (Phi) is 10.2. The maximum absolute atomic E-state index is 12.8. The molecule has 2 heterocycles. The van der Waals surface area contributed by atoms with Gasteiger partial charge in [0.25, 0.3) is 5.91 Å². The van der Waals surface area contributed by atoms with Gasteiger partial charge in [-0.2, -0.15) is 0 Å². The Hall–Kier alpha value is -4.34. The van der Waals surface area contributed by atoms with Gasteiger partial charge in [0.1, 0.15) is 5.60 Å². The fraction of sp³-hybridized carbons (Fsp3) is 0.438. The van der Waals surface area contributed by atoms with E-state index in [1.807, 2.05) is 63.2 Å². The summed E-state index contributed by atoms with van der Waals surface area (Å²) in [7, 11) is 1.61. The second-order valence-corrected chi connectivity index (χ2v) is 11.5. The Morgan fingerprint density at radius 3 is 2.33 bits per heavy atom. The first-order valence-corrected chi connectivity index (χ1v) is 14.6. The predicted molar refractivity (Wildman–Crippen MR) is 166 cm³/mol. The lowest BCUT2D eigenvalue weighted by atomic mass is 9.95. The maximum Gasteiger partial charge on any atom is 0.407 e. The average Bonchev–Trinajstić information content (AvgIpc) is 2.98. The monoisotopic (exact) mass is 574 g/mol. The lowest BCUT2D eigenvalue weighted by molar-refractivity contribution is -0.125. The fourth-order valence-corrected chi connectivity index (χ4v) is 5.00. The van der Waals surface area contributed by atoms with Gasteiger partial charge in [-0.25, -0.2) is 4.79 Å². The van der Waals surface area contributed by atoms with Gasteiger partial charge in [0.2, 0.25) is 5.91 Å². The molecule has 0 radical (unpaired) electrons. The van der Waals surface area contributed by atoms with Crippen molar-refractivity contribution in [2.45, 2.75) is 52.1 Å². The third-order valence-electron chi connectivity index (χ3n) is 7.17. The van der Waals surface area contributed by atoms with Crippen LogP contribution in [0.2, 0.25) is 0 Å². The molecule has 42 heavy (non-hydrogen) atoms. The van der Waals surface area contributed by atoms with Crippen LogP contribution in [0, 0.1) is 5.92 Å². The summed E-state index contributed by atoms with van der Waals surface area (Å²) in [5, 5.41) is 12.8. The molecule has 1 fully saturated rings. The molecule has 4 rings (SSSR count). The number of unbranched alkanes of at least 4 members (excludes halogenated alkanes) is 1. The molecular weight excluding hydrogens is 532 g/mol. The number of nitrogens with one attached hydrogen (secondary N) is 4. The fourth-order valence-electron chi connectivity index (χ4n) is 5.00. The molecule has 0 bridgehead atoms. The molecule has 4 N–H and O–H groups in total. The Balaban J connectivity index is 1.32. The summed E-state index contributed by atoms with van der Waals surface area (Å²) in [4.78, 5) is 44.0. The van der Waals surface area contributed by atoms with Gasteiger partial charge < -0.3 is 30.9 Å². The van der Waals surface area contributed by atoms with Crippen molar-refractivity contribution >= 4 is 45.9 Å². The zero-order chi connectivity index (χ0) is 30.1. The number of piperidine rings is 1. The summed E-state index contributed by atoms with van der Waals surface area (Å²) in [5.41, 5.74) is 3.38. The second-order valence-electron chi connectivity index (χ2n) is 11.5. The Morgan fingerprint density at radius 2 is 1.67 bits per heavy atom. The first-order chi connectivity index (χ1) is 20.1. The summed E-state index contributed by atoms with van der Waals surface area (Å²) >= 11 is 0. The van der Waals surface area contributed by atoms with Crippen molar-refractivity contribution in [3.63, 3.8) is 0 Å². The highest BCUT2D eigenvalue weighted by atomic mass is 16.6. The number of carbonyl (C=O) groups is 3. The summed E-state index contributed by atoms with van der Waals surface area (Å²) in [6, 6.07) is 15.9. The third-order valence-corrected chi connectivity index (χ3v) is 7.17. The number of aromatic nitrogens is 1. The average molecular weight is 575 g/mol. The maximum atomic E-state index is 12.8. The number of carbonyl (C=O) groups excluding carboxylic acids is 3. The van der Waals surface area contributed by atoms with Gasteiger partial charge in [0.05, 0.1) is 16.8 Å². The highest BCUT2D eigenvalue weighted by molar-refractivity contribution is 6.08. The molecule has 1 saturated heterocycles. The molecular formula is C32H42N6O4. The zero-order valence-corrected chi connectivity index (χ0v) is 25.0. The molecule has 0 unspecified atom stereocenters. The van der Waals surface area contributed by atoms with Gasteiger partial charge in [-0.05, 0) is 76.8 Å². The molecule has 3 aromatic rings. The molecule has 224 valence electrons. The van der Waals surface area contributed by atoms with Crippen molar-refractivity contribution in [3.8, 4) is 0 Å². The predicted octanol–water partition coefficient (Wildman–Crippen LogP) is 4.98. The van der Waals surface area contributed by atoms with E-state index in [4.69, 9.17) is 4.74 Å². The highest BCUT2D eigenvalue weighted by Gasteiger charge is 2.25. The van der Waals surface area contributed by atoms with Crippen molar-refractivity contribution in [2.75, 3.05) is 43.4 Å². The van der Waals surface area contributed by atoms with Crippen LogP contribution in [-0.4, -0.2) is 61.7 Å². The van der Waals surface area contributed by atoms with Crippen LogP contribution in [-0.2, 0) is 9.53 Å². The molecule has 0 spiro atoms. The van der Waals surface area contributed by atoms with E-state index < -0.39 is 11.7 Å². The number of hydrogen-bond acceptors (Lipinski definition) is 7. The number of nitrogens with zero attached hydrogens (tertiary/aromatic N) is 2. The molecule has 10 heteroatoms. The zero-order valence-electron chi connectivity index (χ0n) is 25.0. The Bertz CT molecular complexity index is 1380. The minimum Gasteiger partial charge on any atom is -0.444 e. The van der Waals surface area contributed by atoms with E-state index in [-0.39, 0.29) is 17.7 Å². The largest absolute Gasteiger partial charge is 0.444 e. The van der Waals surface area contributed by atoms with Gasteiger partial charge in [-0.1, -0.05) is 18.2 Å². The number of pyridine rings is 1. The number of rotatable bonds is 10. The number of amides is 3. The van der Waals surface area contributed by atoms with Crippen molar-refractivity contribution in [2.24, 2.45) is 5.92 Å². The van der Waals surface area contributed by atoms with E-state index >= 15 is 0 Å². The van der Waals surface area contributed by atoms with Crippen LogP contribution in [0.1, 0.15) is 56.8 Å². The lowest BCUT2D eigenvalue weighted by Gasteiger charge is -2.33. The van der Waals surface area contributed by atoms with E-state index in [1.54, 1.807) is 13.2 Å². The van der Waals surface area contributed by atoms with Crippen LogP contribution in [0.4, 0.5) is 21.9 Å². The number of para-hydroxylation sites is 1. The number of benzene rings is 2. The van der Waals surface area contributed by atoms with Crippen molar-refractivity contribution in [1.82, 2.24) is 20.9 Å². The van der Waals surface area contributed by atoms with Crippen molar-refractivity contribution < 1.29 is 19.1 Å². The number of ether oxygens (including phenoxy) is 1. The Labute approximate surface area is 247 Å². The number of fused-ring (bicyclic) bond motifs is 1. The first kappa shape index (κ1) is 30.6.